The van der Waals surface area contributed by atoms with Crippen molar-refractivity contribution >= 4 is 17.9 Å². The lowest BCUT2D eigenvalue weighted by atomic mass is 9.91. The maximum absolute atomic E-state index is 13.2. The summed E-state index contributed by atoms with van der Waals surface area (Å²) in [5.41, 5.74) is 8.36. The maximum Gasteiger partial charge on any atom is 0.417 e. The van der Waals surface area contributed by atoms with Gasteiger partial charge in [0.1, 0.15) is 5.82 Å². The van der Waals surface area contributed by atoms with Crippen LogP contribution in [0.2, 0.25) is 0 Å². The summed E-state index contributed by atoms with van der Waals surface area (Å²) in [6, 6.07) is 7.47. The van der Waals surface area contributed by atoms with Gasteiger partial charge in [0.2, 0.25) is 0 Å². The van der Waals surface area contributed by atoms with Crippen molar-refractivity contribution in [1.29, 1.82) is 5.26 Å². The van der Waals surface area contributed by atoms with Gasteiger partial charge in [-0.25, -0.2) is 4.99 Å². The normalized spacial score (nSPS) is 19.1. The number of aromatic nitrogens is 1. The number of piperidine rings is 1. The molecule has 156 valence electrons. The number of nitrogens with zero attached hydrogens (tertiary/aromatic N) is 3. The minimum Gasteiger partial charge on any atom is -0.400 e. The lowest BCUT2D eigenvalue weighted by Gasteiger charge is -2.33. The van der Waals surface area contributed by atoms with E-state index in [1.807, 2.05) is 12.3 Å². The monoisotopic (exact) mass is 414 g/mol. The lowest BCUT2D eigenvalue weighted by molar-refractivity contribution is -0.137. The number of hydrogen-bond acceptors (Lipinski definition) is 5. The molecule has 0 atom stereocenters. The highest BCUT2D eigenvalue weighted by Crippen LogP contribution is 2.34. The van der Waals surface area contributed by atoms with Gasteiger partial charge < -0.3 is 16.0 Å². The largest absolute Gasteiger partial charge is 0.417 e. The molecule has 2 aromatic rings. The van der Waals surface area contributed by atoms with Crippen LogP contribution in [0.25, 0.3) is 5.70 Å². The van der Waals surface area contributed by atoms with Crippen LogP contribution in [-0.2, 0) is 12.7 Å². The summed E-state index contributed by atoms with van der Waals surface area (Å²) in [7, 11) is 0. The first-order valence-electron chi connectivity index (χ1n) is 9.66. The number of likely N-dealkylation sites (tertiary alicyclic amines) is 1. The molecule has 0 spiro atoms. The van der Waals surface area contributed by atoms with E-state index in [0.717, 1.165) is 54.8 Å². The topological polar surface area (TPSA) is 93.2 Å². The first kappa shape index (κ1) is 20.0. The van der Waals surface area contributed by atoms with Gasteiger partial charge in [-0.3, -0.25) is 4.90 Å². The molecule has 9 heteroatoms. The Morgan fingerprint density at radius 3 is 2.73 bits per heavy atom. The van der Waals surface area contributed by atoms with Gasteiger partial charge in [-0.15, -0.1) is 0 Å². The molecule has 3 heterocycles. The minimum atomic E-state index is -4.54. The van der Waals surface area contributed by atoms with Gasteiger partial charge in [0.25, 0.3) is 0 Å². The number of H-pyrrole nitrogens is 1. The number of hydrogen-bond donors (Lipinski definition) is 3. The number of aromatic amines is 1. The van der Waals surface area contributed by atoms with E-state index in [1.165, 1.54) is 6.07 Å². The number of allylic oxidation sites excluding steroid dienone is 1. The van der Waals surface area contributed by atoms with E-state index in [9.17, 15) is 13.2 Å². The Balaban J connectivity index is 1.43. The number of alkyl halides is 3. The average Bonchev–Trinajstić information content (AvgIpc) is 3.22. The third kappa shape index (κ3) is 3.91. The second-order valence-electron chi connectivity index (χ2n) is 7.51. The summed E-state index contributed by atoms with van der Waals surface area (Å²) < 4.78 is 39.6. The first-order chi connectivity index (χ1) is 14.4. The highest BCUT2D eigenvalue weighted by molar-refractivity contribution is 5.87. The highest BCUT2D eigenvalue weighted by Gasteiger charge is 2.34. The van der Waals surface area contributed by atoms with Gasteiger partial charge in [0, 0.05) is 29.9 Å². The van der Waals surface area contributed by atoms with E-state index < -0.39 is 11.7 Å². The zero-order valence-electron chi connectivity index (χ0n) is 16.1. The molecule has 0 bridgehead atoms. The van der Waals surface area contributed by atoms with Crippen molar-refractivity contribution in [3.05, 3.63) is 58.4 Å². The number of halogens is 3. The molecule has 1 saturated heterocycles. The third-order valence-electron chi connectivity index (χ3n) is 5.63. The van der Waals surface area contributed by atoms with E-state index in [0.29, 0.717) is 12.1 Å². The van der Waals surface area contributed by atoms with Crippen molar-refractivity contribution in [2.24, 2.45) is 16.6 Å². The first-order valence-corrected chi connectivity index (χ1v) is 9.66. The summed E-state index contributed by atoms with van der Waals surface area (Å²) >= 11 is 0. The van der Waals surface area contributed by atoms with Crippen LogP contribution in [0.15, 0.2) is 41.2 Å². The van der Waals surface area contributed by atoms with E-state index in [4.69, 9.17) is 11.0 Å². The molecule has 0 radical (unpaired) electrons. The molecule has 2 aliphatic rings. The molecule has 30 heavy (non-hydrogen) atoms. The Morgan fingerprint density at radius 2 is 2.03 bits per heavy atom. The summed E-state index contributed by atoms with van der Waals surface area (Å²) in [5, 5.41) is 12.1. The highest BCUT2D eigenvalue weighted by atomic mass is 19.4. The van der Waals surface area contributed by atoms with Crippen LogP contribution in [0, 0.1) is 17.2 Å². The number of benzene rings is 1. The maximum atomic E-state index is 13.2. The van der Waals surface area contributed by atoms with Crippen LogP contribution in [-0.4, -0.2) is 29.3 Å². The SMILES string of the molecule is N#Cc1ccc(CN2CCC(/C(N)=C3/NC=Nc4[nH]ccc43)CC2)cc1C(F)(F)F. The molecule has 1 fully saturated rings. The molecule has 6 nitrogen and oxygen atoms in total. The molecule has 2 aliphatic heterocycles. The molecule has 4 rings (SSSR count). The zero-order chi connectivity index (χ0) is 21.3. The van der Waals surface area contributed by atoms with Crippen molar-refractivity contribution in [3.8, 4) is 6.07 Å². The Hall–Kier alpha value is -3.25. The van der Waals surface area contributed by atoms with E-state index in [-0.39, 0.29) is 11.5 Å². The van der Waals surface area contributed by atoms with Crippen molar-refractivity contribution in [1.82, 2.24) is 15.2 Å². The van der Waals surface area contributed by atoms with Crippen molar-refractivity contribution < 1.29 is 13.2 Å². The van der Waals surface area contributed by atoms with Crippen LogP contribution in [0.3, 0.4) is 0 Å². The van der Waals surface area contributed by atoms with Gasteiger partial charge in [-0.1, -0.05) is 6.07 Å². The Bertz CT molecular complexity index is 1040. The molecule has 1 aromatic carbocycles. The number of nitrogens with two attached hydrogens (primary N) is 1. The molecular formula is C21H21F3N6. The predicted octanol–water partition coefficient (Wildman–Crippen LogP) is 3.71. The van der Waals surface area contributed by atoms with Gasteiger partial charge in [0.05, 0.1) is 29.2 Å². The van der Waals surface area contributed by atoms with E-state index in [1.54, 1.807) is 18.5 Å². The van der Waals surface area contributed by atoms with Crippen molar-refractivity contribution in [3.63, 3.8) is 0 Å². The minimum absolute atomic E-state index is 0.185. The smallest absolute Gasteiger partial charge is 0.400 e. The predicted molar refractivity (Wildman–Crippen MR) is 107 cm³/mol. The molecule has 1 aromatic heterocycles. The molecule has 0 saturated carbocycles. The summed E-state index contributed by atoms with van der Waals surface area (Å²) in [6.07, 6.45) is 0.520. The van der Waals surface area contributed by atoms with Gasteiger partial charge in [0.15, 0.2) is 0 Å². The lowest BCUT2D eigenvalue weighted by Crippen LogP contribution is -2.36. The van der Waals surface area contributed by atoms with Crippen LogP contribution in [0.4, 0.5) is 19.0 Å². The Kier molecular flexibility index (Phi) is 5.26. The summed E-state index contributed by atoms with van der Waals surface area (Å²) in [4.78, 5) is 9.42. The number of aliphatic imine (C=N–C) groups is 1. The van der Waals surface area contributed by atoms with Gasteiger partial charge in [-0.2, -0.15) is 18.4 Å². The molecular weight excluding hydrogens is 393 g/mol. The average molecular weight is 414 g/mol. The number of fused-ring (bicyclic) bond motifs is 1. The number of nitriles is 1. The fraction of sp³-hybridized carbons (Fsp3) is 0.333. The van der Waals surface area contributed by atoms with Crippen molar-refractivity contribution in [2.45, 2.75) is 25.6 Å². The summed E-state index contributed by atoms with van der Waals surface area (Å²) in [5.74, 6) is 0.954. The standard InChI is InChI=1S/C21H21F3N6/c22-21(23,24)17-9-13(1-2-15(17)10-25)11-30-7-4-14(5-8-30)18(26)19-16-3-6-27-20(16)29-12-28-19/h1-3,6,9,12,14,27H,4-5,7-8,11,26H2,(H,28,29)/b19-18-. The van der Waals surface area contributed by atoms with Crippen LogP contribution in [0.5, 0.6) is 0 Å². The third-order valence-corrected chi connectivity index (χ3v) is 5.63. The quantitative estimate of drug-likeness (QED) is 0.714. The van der Waals surface area contributed by atoms with E-state index >= 15 is 0 Å². The second-order valence-corrected chi connectivity index (χ2v) is 7.51. The molecule has 0 aliphatic carbocycles. The molecule has 4 N–H and O–H groups in total. The summed E-state index contributed by atoms with van der Waals surface area (Å²) in [6.45, 7) is 1.87. The van der Waals surface area contributed by atoms with Crippen molar-refractivity contribution in [2.75, 3.05) is 13.1 Å². The van der Waals surface area contributed by atoms with Crippen LogP contribution >= 0.6 is 0 Å². The molecule has 0 amide bonds. The number of nitrogens with one attached hydrogen (secondary N) is 2. The van der Waals surface area contributed by atoms with E-state index in [2.05, 4.69) is 20.2 Å². The number of rotatable bonds is 3. The van der Waals surface area contributed by atoms with Crippen LogP contribution < -0.4 is 11.1 Å². The molecule has 0 unspecified atom stereocenters. The van der Waals surface area contributed by atoms with Crippen LogP contribution in [0.1, 0.15) is 35.1 Å². The fourth-order valence-corrected chi connectivity index (χ4v) is 4.03. The van der Waals surface area contributed by atoms with Gasteiger partial charge in [-0.05, 0) is 49.7 Å². The fourth-order valence-electron chi connectivity index (χ4n) is 4.03. The zero-order valence-corrected chi connectivity index (χ0v) is 16.1. The Labute approximate surface area is 171 Å². The Morgan fingerprint density at radius 1 is 1.27 bits per heavy atom. The second kappa shape index (κ2) is 7.88. The van der Waals surface area contributed by atoms with Gasteiger partial charge >= 0.3 is 6.18 Å².